The number of rotatable bonds is 6. The van der Waals surface area contributed by atoms with Crippen LogP contribution in [-0.2, 0) is 4.79 Å². The maximum atomic E-state index is 12.0. The number of alkyl halides is 2. The van der Waals surface area contributed by atoms with Gasteiger partial charge in [0.05, 0.1) is 6.54 Å². The van der Waals surface area contributed by atoms with E-state index >= 15 is 0 Å². The minimum atomic E-state index is -2.99. The maximum absolute atomic E-state index is 12.0. The summed E-state index contributed by atoms with van der Waals surface area (Å²) in [4.78, 5) is 22.1. The van der Waals surface area contributed by atoms with Crippen LogP contribution < -0.4 is 15.4 Å². The second-order valence-corrected chi connectivity index (χ2v) is 4.29. The number of aliphatic hydroxyl groups is 1. The van der Waals surface area contributed by atoms with Gasteiger partial charge in [-0.3, -0.25) is 0 Å². The van der Waals surface area contributed by atoms with Crippen LogP contribution in [-0.4, -0.2) is 41.0 Å². The molecular formula is C12H14F2N2O5. The molecule has 0 spiro atoms. The molecule has 4 N–H and O–H groups in total. The van der Waals surface area contributed by atoms with Crippen LogP contribution in [0.25, 0.3) is 0 Å². The van der Waals surface area contributed by atoms with Gasteiger partial charge in [0.2, 0.25) is 0 Å². The normalized spacial score (nSPS) is 13.4. The van der Waals surface area contributed by atoms with Crippen molar-refractivity contribution in [1.82, 2.24) is 5.32 Å². The molecule has 0 bridgehead atoms. The highest BCUT2D eigenvalue weighted by atomic mass is 19.3. The summed E-state index contributed by atoms with van der Waals surface area (Å²) < 4.78 is 28.2. The van der Waals surface area contributed by atoms with Gasteiger partial charge >= 0.3 is 18.6 Å². The number of carbonyl (C=O) groups is 2. The van der Waals surface area contributed by atoms with Crippen molar-refractivity contribution in [3.8, 4) is 5.75 Å². The highest BCUT2D eigenvalue weighted by Crippen LogP contribution is 2.19. The molecule has 7 nitrogen and oxygen atoms in total. The van der Waals surface area contributed by atoms with Crippen molar-refractivity contribution >= 4 is 17.7 Å². The Hall–Kier alpha value is -2.42. The fraction of sp³-hybridized carbons (Fsp3) is 0.333. The Bertz CT molecular complexity index is 522. The van der Waals surface area contributed by atoms with Gasteiger partial charge in [0.15, 0.2) is 5.60 Å². The van der Waals surface area contributed by atoms with Crippen LogP contribution in [0.3, 0.4) is 0 Å². The number of anilines is 1. The molecular weight excluding hydrogens is 290 g/mol. The van der Waals surface area contributed by atoms with Crippen molar-refractivity contribution in [2.24, 2.45) is 0 Å². The average molecular weight is 304 g/mol. The van der Waals surface area contributed by atoms with E-state index in [2.05, 4.69) is 15.4 Å². The van der Waals surface area contributed by atoms with Gasteiger partial charge in [-0.25, -0.2) is 9.59 Å². The zero-order valence-electron chi connectivity index (χ0n) is 11.0. The number of nitrogens with one attached hydrogen (secondary N) is 2. The number of carbonyl (C=O) groups excluding carboxylic acids is 1. The summed E-state index contributed by atoms with van der Waals surface area (Å²) in [5, 5.41) is 22.5. The minimum Gasteiger partial charge on any atom is -0.479 e. The van der Waals surface area contributed by atoms with Gasteiger partial charge in [-0.05, 0) is 19.1 Å². The van der Waals surface area contributed by atoms with E-state index in [0.29, 0.717) is 0 Å². The third-order valence-corrected chi connectivity index (χ3v) is 2.37. The van der Waals surface area contributed by atoms with Crippen molar-refractivity contribution < 1.29 is 33.3 Å². The third kappa shape index (κ3) is 5.61. The van der Waals surface area contributed by atoms with Crippen LogP contribution >= 0.6 is 0 Å². The molecule has 2 amide bonds. The number of carboxylic acids is 1. The lowest BCUT2D eigenvalue weighted by molar-refractivity contribution is -0.155. The first kappa shape index (κ1) is 16.6. The van der Waals surface area contributed by atoms with Crippen molar-refractivity contribution in [2.45, 2.75) is 19.1 Å². The molecule has 0 saturated heterocycles. The highest BCUT2D eigenvalue weighted by Gasteiger charge is 2.30. The molecule has 0 radical (unpaired) electrons. The molecule has 116 valence electrons. The SMILES string of the molecule is CC(O)(CNC(=O)Nc1cccc(OC(F)F)c1)C(=O)O. The molecule has 1 atom stereocenters. The molecule has 1 aromatic rings. The summed E-state index contributed by atoms with van der Waals surface area (Å²) >= 11 is 0. The lowest BCUT2D eigenvalue weighted by atomic mass is 10.1. The Labute approximate surface area is 118 Å². The first-order chi connectivity index (χ1) is 9.70. The Kier molecular flexibility index (Phi) is 5.42. The zero-order valence-corrected chi connectivity index (χ0v) is 11.0. The number of hydrogen-bond donors (Lipinski definition) is 4. The molecule has 0 fully saturated rings. The predicted molar refractivity (Wildman–Crippen MR) is 68.4 cm³/mol. The summed E-state index contributed by atoms with van der Waals surface area (Å²) in [6, 6.07) is 4.46. The summed E-state index contributed by atoms with van der Waals surface area (Å²) in [5.74, 6) is -1.63. The number of urea groups is 1. The van der Waals surface area contributed by atoms with E-state index in [9.17, 15) is 23.5 Å². The van der Waals surface area contributed by atoms with Crippen molar-refractivity contribution in [1.29, 1.82) is 0 Å². The maximum Gasteiger partial charge on any atom is 0.387 e. The van der Waals surface area contributed by atoms with Crippen LogP contribution in [0.4, 0.5) is 19.3 Å². The smallest absolute Gasteiger partial charge is 0.387 e. The fourth-order valence-corrected chi connectivity index (χ4v) is 1.25. The van der Waals surface area contributed by atoms with Crippen LogP contribution in [0.1, 0.15) is 6.92 Å². The van der Waals surface area contributed by atoms with E-state index in [1.807, 2.05) is 0 Å². The Morgan fingerprint density at radius 1 is 1.43 bits per heavy atom. The molecule has 1 unspecified atom stereocenters. The largest absolute Gasteiger partial charge is 0.479 e. The van der Waals surface area contributed by atoms with Crippen molar-refractivity contribution in [3.63, 3.8) is 0 Å². The number of ether oxygens (including phenoxy) is 1. The second-order valence-electron chi connectivity index (χ2n) is 4.29. The van der Waals surface area contributed by atoms with E-state index in [0.717, 1.165) is 6.92 Å². The van der Waals surface area contributed by atoms with Crippen LogP contribution in [0.5, 0.6) is 5.75 Å². The molecule has 0 aliphatic rings. The molecule has 21 heavy (non-hydrogen) atoms. The topological polar surface area (TPSA) is 108 Å². The zero-order chi connectivity index (χ0) is 16.0. The Balaban J connectivity index is 2.57. The predicted octanol–water partition coefficient (Wildman–Crippen LogP) is 1.25. The van der Waals surface area contributed by atoms with E-state index in [1.165, 1.54) is 24.3 Å². The van der Waals surface area contributed by atoms with E-state index in [4.69, 9.17) is 5.11 Å². The average Bonchev–Trinajstić information content (AvgIpc) is 2.36. The molecule has 9 heteroatoms. The van der Waals surface area contributed by atoms with Crippen LogP contribution in [0.15, 0.2) is 24.3 Å². The number of amides is 2. The first-order valence-electron chi connectivity index (χ1n) is 5.76. The Morgan fingerprint density at radius 3 is 2.67 bits per heavy atom. The van der Waals surface area contributed by atoms with Gasteiger partial charge in [-0.1, -0.05) is 6.07 Å². The van der Waals surface area contributed by atoms with Gasteiger partial charge in [0.25, 0.3) is 0 Å². The number of hydrogen-bond acceptors (Lipinski definition) is 4. The molecule has 1 rings (SSSR count). The van der Waals surface area contributed by atoms with Crippen molar-refractivity contribution in [3.05, 3.63) is 24.3 Å². The van der Waals surface area contributed by atoms with Gasteiger partial charge in [0.1, 0.15) is 5.75 Å². The fourth-order valence-electron chi connectivity index (χ4n) is 1.25. The van der Waals surface area contributed by atoms with Gasteiger partial charge in [-0.15, -0.1) is 0 Å². The third-order valence-electron chi connectivity index (χ3n) is 2.37. The van der Waals surface area contributed by atoms with Gasteiger partial charge in [0, 0.05) is 11.8 Å². The molecule has 0 aromatic heterocycles. The second kappa shape index (κ2) is 6.84. The monoisotopic (exact) mass is 304 g/mol. The summed E-state index contributed by atoms with van der Waals surface area (Å²) in [5.41, 5.74) is -1.95. The lowest BCUT2D eigenvalue weighted by Crippen LogP contribution is -2.47. The molecule has 1 aromatic carbocycles. The standard InChI is InChI=1S/C12H14F2N2O5/c1-12(20,9(17)18)6-15-11(19)16-7-3-2-4-8(5-7)21-10(13)14/h2-5,10,20H,6H2,1H3,(H,17,18)(H2,15,16,19). The lowest BCUT2D eigenvalue weighted by Gasteiger charge is -2.18. The van der Waals surface area contributed by atoms with Gasteiger partial charge in [-0.2, -0.15) is 8.78 Å². The molecule has 0 heterocycles. The van der Waals surface area contributed by atoms with Crippen LogP contribution in [0.2, 0.25) is 0 Å². The number of benzene rings is 1. The molecule has 0 aliphatic carbocycles. The Morgan fingerprint density at radius 2 is 2.10 bits per heavy atom. The van der Waals surface area contributed by atoms with Crippen molar-refractivity contribution in [2.75, 3.05) is 11.9 Å². The summed E-state index contributed by atoms with van der Waals surface area (Å²) in [6.45, 7) is -2.49. The number of halogens is 2. The van der Waals surface area contributed by atoms with Crippen LogP contribution in [0, 0.1) is 0 Å². The minimum absolute atomic E-state index is 0.139. The quantitative estimate of drug-likeness (QED) is 0.632. The summed E-state index contributed by atoms with van der Waals surface area (Å²) in [6.07, 6.45) is 0. The van der Waals surface area contributed by atoms with E-state index in [-0.39, 0.29) is 11.4 Å². The van der Waals surface area contributed by atoms with Gasteiger partial charge < -0.3 is 25.6 Å². The highest BCUT2D eigenvalue weighted by molar-refractivity contribution is 5.90. The molecule has 0 saturated carbocycles. The summed E-state index contributed by atoms with van der Waals surface area (Å²) in [7, 11) is 0. The number of aliphatic carboxylic acids is 1. The first-order valence-corrected chi connectivity index (χ1v) is 5.76. The molecule has 0 aliphatic heterocycles. The number of carboxylic acid groups (broad SMARTS) is 1. The van der Waals surface area contributed by atoms with E-state index < -0.39 is 30.8 Å². The van der Waals surface area contributed by atoms with E-state index in [1.54, 1.807) is 0 Å².